The van der Waals surface area contributed by atoms with E-state index in [-0.39, 0.29) is 12.4 Å². The molecule has 0 aromatic carbocycles. The summed E-state index contributed by atoms with van der Waals surface area (Å²) in [4.78, 5) is 0. The molecule has 0 saturated heterocycles. The third-order valence-electron chi connectivity index (χ3n) is 0.802. The van der Waals surface area contributed by atoms with Crippen molar-refractivity contribution in [2.75, 3.05) is 0 Å². The predicted octanol–water partition coefficient (Wildman–Crippen LogP) is 2.41. The number of alkyl halides is 4. The molecular weight excluding hydrogens is 155 g/mol. The van der Waals surface area contributed by atoms with Crippen LogP contribution in [0.15, 0.2) is 12.4 Å². The van der Waals surface area contributed by atoms with Crippen molar-refractivity contribution in [1.82, 2.24) is 0 Å². The van der Waals surface area contributed by atoms with Crippen LogP contribution in [-0.2, 0) is 0 Å². The Morgan fingerprint density at radius 3 is 1.80 bits per heavy atom. The number of hydrogen-bond donors (Lipinski definition) is 0. The number of hydrogen-bond acceptors (Lipinski definition) is 0. The van der Waals surface area contributed by atoms with Crippen molar-refractivity contribution >= 4 is 0 Å². The van der Waals surface area contributed by atoms with Gasteiger partial charge < -0.3 is 0 Å². The summed E-state index contributed by atoms with van der Waals surface area (Å²) in [5.41, 5.74) is 0. The van der Waals surface area contributed by atoms with Crippen LogP contribution in [-0.4, -0.2) is 18.8 Å². The summed E-state index contributed by atoms with van der Waals surface area (Å²) >= 11 is 0. The third kappa shape index (κ3) is 2.80. The smallest absolute Gasteiger partial charge is 0.239 e. The maximum Gasteiger partial charge on any atom is 0.272 e. The lowest BCUT2D eigenvalue weighted by atomic mass is 10.2. The highest BCUT2D eigenvalue weighted by atomic mass is 19.3. The average molecular weight is 160 g/mol. The molecule has 0 spiro atoms. The Labute approximate surface area is 54.3 Å². The second kappa shape index (κ2) is 4.24. The van der Waals surface area contributed by atoms with E-state index in [1.165, 1.54) is 0 Å². The first-order valence-corrected chi connectivity index (χ1v) is 2.42. The molecule has 0 aliphatic heterocycles. The van der Waals surface area contributed by atoms with Crippen LogP contribution < -0.4 is 0 Å². The zero-order chi connectivity index (χ0) is 8.15. The fourth-order valence-electron chi connectivity index (χ4n) is 0.315. The van der Waals surface area contributed by atoms with Gasteiger partial charge in [0.15, 0.2) is 12.3 Å². The molecule has 0 fully saturated rings. The molecule has 2 unspecified atom stereocenters. The van der Waals surface area contributed by atoms with Crippen molar-refractivity contribution in [1.29, 1.82) is 0 Å². The lowest BCUT2D eigenvalue weighted by molar-refractivity contribution is 0.0169. The molecular formula is C5H5F5. The minimum Gasteiger partial charge on any atom is -0.239 e. The second-order valence-corrected chi connectivity index (χ2v) is 1.54. The Morgan fingerprint density at radius 1 is 1.00 bits per heavy atom. The van der Waals surface area contributed by atoms with Gasteiger partial charge in [0.05, 0.1) is 6.33 Å². The minimum absolute atomic E-state index is 0.0941. The van der Waals surface area contributed by atoms with Crippen LogP contribution in [0.1, 0.15) is 0 Å². The zero-order valence-electron chi connectivity index (χ0n) is 4.78. The molecule has 0 heterocycles. The van der Waals surface area contributed by atoms with E-state index in [2.05, 4.69) is 0 Å². The van der Waals surface area contributed by atoms with Gasteiger partial charge in [0.2, 0.25) is 0 Å². The van der Waals surface area contributed by atoms with Crippen LogP contribution in [0.25, 0.3) is 0 Å². The fraction of sp³-hybridized carbons (Fsp3) is 0.600. The molecule has 0 N–H and O–H groups in total. The summed E-state index contributed by atoms with van der Waals surface area (Å²) in [6.07, 6.45) is -9.13. The van der Waals surface area contributed by atoms with Gasteiger partial charge in [-0.25, -0.2) is 22.0 Å². The Hall–Kier alpha value is -0.610. The molecule has 0 aliphatic carbocycles. The normalized spacial score (nSPS) is 18.2. The molecule has 0 rings (SSSR count). The summed E-state index contributed by atoms with van der Waals surface area (Å²) < 4.78 is 57.1. The number of rotatable bonds is 3. The van der Waals surface area contributed by atoms with Gasteiger partial charge in [-0.2, -0.15) is 0 Å². The molecule has 5 heteroatoms. The lowest BCUT2D eigenvalue weighted by Gasteiger charge is -2.06. The van der Waals surface area contributed by atoms with Gasteiger partial charge in [0.25, 0.3) is 6.43 Å². The Bertz CT molecular complexity index is 111. The zero-order valence-corrected chi connectivity index (χ0v) is 4.78. The van der Waals surface area contributed by atoms with E-state index in [1.54, 1.807) is 0 Å². The van der Waals surface area contributed by atoms with E-state index < -0.39 is 18.8 Å². The monoisotopic (exact) mass is 160 g/mol. The molecule has 0 amide bonds. The molecule has 0 nitrogen and oxygen atoms in total. The standard InChI is InChI=1S/C5H5F5/c6-2-1-3(7)4(8)5(9)10/h1-5H. The molecule has 0 radical (unpaired) electrons. The van der Waals surface area contributed by atoms with Crippen LogP contribution in [0.3, 0.4) is 0 Å². The highest BCUT2D eigenvalue weighted by molar-refractivity contribution is 4.88. The van der Waals surface area contributed by atoms with Crippen molar-refractivity contribution in [3.05, 3.63) is 12.4 Å². The number of allylic oxidation sites excluding steroid dienone is 1. The van der Waals surface area contributed by atoms with Crippen molar-refractivity contribution in [3.8, 4) is 0 Å². The minimum atomic E-state index is -3.41. The first kappa shape index (κ1) is 9.39. The largest absolute Gasteiger partial charge is 0.272 e. The summed E-state index contributed by atoms with van der Waals surface area (Å²) in [5.74, 6) is 0. The van der Waals surface area contributed by atoms with Crippen molar-refractivity contribution < 1.29 is 22.0 Å². The van der Waals surface area contributed by atoms with Gasteiger partial charge >= 0.3 is 0 Å². The predicted molar refractivity (Wildman–Crippen MR) is 26.0 cm³/mol. The first-order valence-electron chi connectivity index (χ1n) is 2.42. The first-order chi connectivity index (χ1) is 4.59. The average Bonchev–Trinajstić information content (AvgIpc) is 1.87. The van der Waals surface area contributed by atoms with Crippen LogP contribution >= 0.6 is 0 Å². The molecule has 0 aromatic rings. The van der Waals surface area contributed by atoms with E-state index in [1.807, 2.05) is 0 Å². The molecule has 10 heavy (non-hydrogen) atoms. The van der Waals surface area contributed by atoms with Crippen LogP contribution in [0, 0.1) is 0 Å². The van der Waals surface area contributed by atoms with Crippen LogP contribution in [0.2, 0.25) is 0 Å². The maximum atomic E-state index is 11.9. The van der Waals surface area contributed by atoms with Gasteiger partial charge in [-0.15, -0.1) is 0 Å². The van der Waals surface area contributed by atoms with Crippen molar-refractivity contribution in [2.24, 2.45) is 0 Å². The topological polar surface area (TPSA) is 0 Å². The quantitative estimate of drug-likeness (QED) is 0.556. The fourth-order valence-corrected chi connectivity index (χ4v) is 0.315. The third-order valence-corrected chi connectivity index (χ3v) is 0.802. The van der Waals surface area contributed by atoms with E-state index in [9.17, 15) is 22.0 Å². The Morgan fingerprint density at radius 2 is 1.50 bits per heavy atom. The lowest BCUT2D eigenvalue weighted by Crippen LogP contribution is -2.22. The molecule has 0 aromatic heterocycles. The highest BCUT2D eigenvalue weighted by Gasteiger charge is 2.27. The van der Waals surface area contributed by atoms with Gasteiger partial charge in [0, 0.05) is 0 Å². The SMILES string of the molecule is FC=CC(F)C(F)C(F)F. The van der Waals surface area contributed by atoms with E-state index in [4.69, 9.17) is 0 Å². The van der Waals surface area contributed by atoms with E-state index in [0.717, 1.165) is 0 Å². The summed E-state index contributed by atoms with van der Waals surface area (Å²) in [5, 5.41) is 0. The van der Waals surface area contributed by atoms with Gasteiger partial charge in [-0.3, -0.25) is 0 Å². The molecule has 0 aliphatic rings. The summed E-state index contributed by atoms with van der Waals surface area (Å²) in [6.45, 7) is 0. The molecule has 0 bridgehead atoms. The number of halogens is 5. The van der Waals surface area contributed by atoms with Gasteiger partial charge in [-0.05, 0) is 6.08 Å². The second-order valence-electron chi connectivity index (χ2n) is 1.54. The molecule has 60 valence electrons. The molecule has 0 saturated carbocycles. The summed E-state index contributed by atoms with van der Waals surface area (Å²) in [6, 6.07) is 0. The van der Waals surface area contributed by atoms with Crippen LogP contribution in [0.5, 0.6) is 0 Å². The Balaban J connectivity index is 3.81. The Kier molecular flexibility index (Phi) is 3.99. The highest BCUT2D eigenvalue weighted by Crippen LogP contribution is 2.13. The summed E-state index contributed by atoms with van der Waals surface area (Å²) in [7, 11) is 0. The van der Waals surface area contributed by atoms with E-state index >= 15 is 0 Å². The van der Waals surface area contributed by atoms with E-state index in [0.29, 0.717) is 0 Å². The maximum absolute atomic E-state index is 11.9. The van der Waals surface area contributed by atoms with Crippen LogP contribution in [0.4, 0.5) is 22.0 Å². The van der Waals surface area contributed by atoms with Crippen molar-refractivity contribution in [2.45, 2.75) is 18.8 Å². The van der Waals surface area contributed by atoms with Gasteiger partial charge in [-0.1, -0.05) is 0 Å². The van der Waals surface area contributed by atoms with Crippen molar-refractivity contribution in [3.63, 3.8) is 0 Å². The van der Waals surface area contributed by atoms with Gasteiger partial charge in [0.1, 0.15) is 0 Å². The molecule has 2 atom stereocenters.